The summed E-state index contributed by atoms with van der Waals surface area (Å²) in [6.07, 6.45) is 0. The number of fused-ring (bicyclic) bond motifs is 3. The van der Waals surface area contributed by atoms with E-state index in [9.17, 15) is 0 Å². The molecule has 0 saturated carbocycles. The summed E-state index contributed by atoms with van der Waals surface area (Å²) in [6, 6.07) is 10.3. The van der Waals surface area contributed by atoms with Gasteiger partial charge in [0.2, 0.25) is 0 Å². The first-order valence-electron chi connectivity index (χ1n) is 4.49. The fourth-order valence-electron chi connectivity index (χ4n) is 1.73. The molecule has 0 unspecified atom stereocenters. The zero-order valence-electron chi connectivity index (χ0n) is 7.70. The summed E-state index contributed by atoms with van der Waals surface area (Å²) < 4.78 is 2.22. The lowest BCUT2D eigenvalue weighted by Gasteiger charge is -2.00. The molecular formula is C11H7BrN2S. The van der Waals surface area contributed by atoms with Gasteiger partial charge in [-0.2, -0.15) is 0 Å². The van der Waals surface area contributed by atoms with E-state index >= 15 is 0 Å². The Hall–Kier alpha value is -1.13. The van der Waals surface area contributed by atoms with Gasteiger partial charge in [-0.15, -0.1) is 0 Å². The van der Waals surface area contributed by atoms with Gasteiger partial charge in [0.1, 0.15) is 0 Å². The van der Waals surface area contributed by atoms with Gasteiger partial charge < -0.3 is 5.73 Å². The van der Waals surface area contributed by atoms with E-state index in [1.54, 1.807) is 0 Å². The molecule has 0 amide bonds. The quantitative estimate of drug-likeness (QED) is 0.680. The van der Waals surface area contributed by atoms with Crippen LogP contribution in [0, 0.1) is 0 Å². The first-order valence-corrected chi connectivity index (χ1v) is 6.10. The Morgan fingerprint density at radius 3 is 2.73 bits per heavy atom. The minimum Gasteiger partial charge on any atom is -0.375 e. The van der Waals surface area contributed by atoms with Gasteiger partial charge in [-0.3, -0.25) is 0 Å². The van der Waals surface area contributed by atoms with E-state index in [4.69, 9.17) is 5.73 Å². The van der Waals surface area contributed by atoms with Crippen molar-refractivity contribution >= 4 is 53.4 Å². The molecule has 2 nitrogen and oxygen atoms in total. The average Bonchev–Trinajstić information content (AvgIpc) is 2.59. The third-order valence-electron chi connectivity index (χ3n) is 2.37. The second-order valence-electron chi connectivity index (χ2n) is 3.30. The van der Waals surface area contributed by atoms with Crippen LogP contribution in [0.2, 0.25) is 0 Å². The molecule has 3 aromatic rings. The number of benzene rings is 2. The van der Waals surface area contributed by atoms with Crippen LogP contribution >= 0.6 is 27.3 Å². The second kappa shape index (κ2) is 3.18. The molecule has 2 N–H and O–H groups in total. The van der Waals surface area contributed by atoms with Crippen LogP contribution in [0.1, 0.15) is 0 Å². The maximum atomic E-state index is 5.72. The fourth-order valence-corrected chi connectivity index (χ4v) is 3.25. The van der Waals surface area contributed by atoms with E-state index in [0.717, 1.165) is 20.1 Å². The SMILES string of the molecule is Nc1nc2c(cc(Br)c3ccccc32)s1. The number of nitrogens with zero attached hydrogens (tertiary/aromatic N) is 1. The molecule has 0 saturated heterocycles. The predicted molar refractivity (Wildman–Crippen MR) is 69.2 cm³/mol. The molecule has 1 heterocycles. The highest BCUT2D eigenvalue weighted by Crippen LogP contribution is 2.35. The zero-order chi connectivity index (χ0) is 10.4. The lowest BCUT2D eigenvalue weighted by molar-refractivity contribution is 1.51. The number of aromatic nitrogens is 1. The molecule has 1 aromatic heterocycles. The van der Waals surface area contributed by atoms with Crippen molar-refractivity contribution in [2.45, 2.75) is 0 Å². The van der Waals surface area contributed by atoms with Crippen molar-refractivity contribution in [3.63, 3.8) is 0 Å². The van der Waals surface area contributed by atoms with Crippen LogP contribution in [0.4, 0.5) is 5.13 Å². The molecule has 4 heteroatoms. The summed E-state index contributed by atoms with van der Waals surface area (Å²) in [5.74, 6) is 0. The molecule has 2 aromatic carbocycles. The van der Waals surface area contributed by atoms with Crippen molar-refractivity contribution in [2.75, 3.05) is 5.73 Å². The molecule has 0 spiro atoms. The van der Waals surface area contributed by atoms with E-state index < -0.39 is 0 Å². The minimum absolute atomic E-state index is 0.619. The van der Waals surface area contributed by atoms with Crippen LogP contribution in [0.5, 0.6) is 0 Å². The van der Waals surface area contributed by atoms with E-state index in [2.05, 4.69) is 39.1 Å². The molecule has 3 rings (SSSR count). The third-order valence-corrected chi connectivity index (χ3v) is 3.85. The van der Waals surface area contributed by atoms with Gasteiger partial charge in [-0.1, -0.05) is 51.5 Å². The Bertz CT molecular complexity index is 660. The average molecular weight is 279 g/mol. The predicted octanol–water partition coefficient (Wildman–Crippen LogP) is 3.79. The summed E-state index contributed by atoms with van der Waals surface area (Å²) in [5.41, 5.74) is 6.72. The van der Waals surface area contributed by atoms with Crippen LogP contribution in [-0.2, 0) is 0 Å². The summed E-state index contributed by atoms with van der Waals surface area (Å²) in [7, 11) is 0. The van der Waals surface area contributed by atoms with Crippen LogP contribution in [0.3, 0.4) is 0 Å². The van der Waals surface area contributed by atoms with Gasteiger partial charge in [0.05, 0.1) is 10.2 Å². The molecule has 0 fully saturated rings. The van der Waals surface area contributed by atoms with Crippen LogP contribution in [-0.4, -0.2) is 4.98 Å². The monoisotopic (exact) mass is 278 g/mol. The fraction of sp³-hybridized carbons (Fsp3) is 0. The molecule has 0 aliphatic carbocycles. The number of hydrogen-bond acceptors (Lipinski definition) is 3. The second-order valence-corrected chi connectivity index (χ2v) is 5.22. The van der Waals surface area contributed by atoms with E-state index in [0.29, 0.717) is 5.13 Å². The normalized spacial score (nSPS) is 11.3. The Balaban J connectivity index is 2.62. The van der Waals surface area contributed by atoms with Crippen molar-refractivity contribution in [2.24, 2.45) is 0 Å². The highest BCUT2D eigenvalue weighted by atomic mass is 79.9. The first-order chi connectivity index (χ1) is 7.25. The molecular weight excluding hydrogens is 272 g/mol. The number of rotatable bonds is 0. The smallest absolute Gasteiger partial charge is 0.181 e. The number of nitrogen functional groups attached to an aromatic ring is 1. The molecule has 0 aliphatic rings. The molecule has 0 aliphatic heterocycles. The number of nitrogens with two attached hydrogens (primary N) is 1. The van der Waals surface area contributed by atoms with Crippen LogP contribution in [0.25, 0.3) is 21.0 Å². The maximum absolute atomic E-state index is 5.72. The zero-order valence-corrected chi connectivity index (χ0v) is 10.1. The highest BCUT2D eigenvalue weighted by molar-refractivity contribution is 9.10. The highest BCUT2D eigenvalue weighted by Gasteiger charge is 2.08. The standard InChI is InChI=1S/C11H7BrN2S/c12-8-5-9-10(14-11(13)15-9)7-4-2-1-3-6(7)8/h1-5H,(H2,13,14). The van der Waals surface area contributed by atoms with Gasteiger partial charge >= 0.3 is 0 Å². The lowest BCUT2D eigenvalue weighted by atomic mass is 10.1. The Morgan fingerprint density at radius 1 is 1.20 bits per heavy atom. The van der Waals surface area contributed by atoms with Gasteiger partial charge in [0, 0.05) is 9.86 Å². The van der Waals surface area contributed by atoms with Crippen molar-refractivity contribution in [1.29, 1.82) is 0 Å². The van der Waals surface area contributed by atoms with Crippen LogP contribution < -0.4 is 5.73 Å². The molecule has 0 bridgehead atoms. The van der Waals surface area contributed by atoms with E-state index in [-0.39, 0.29) is 0 Å². The Labute approximate surface area is 98.9 Å². The maximum Gasteiger partial charge on any atom is 0.181 e. The summed E-state index contributed by atoms with van der Waals surface area (Å²) in [6.45, 7) is 0. The van der Waals surface area contributed by atoms with Crippen molar-refractivity contribution in [1.82, 2.24) is 4.98 Å². The molecule has 0 radical (unpaired) electrons. The topological polar surface area (TPSA) is 38.9 Å². The number of hydrogen-bond donors (Lipinski definition) is 1. The third kappa shape index (κ3) is 1.33. The van der Waals surface area contributed by atoms with Gasteiger partial charge in [-0.05, 0) is 11.5 Å². The van der Waals surface area contributed by atoms with Crippen molar-refractivity contribution in [3.8, 4) is 0 Å². The largest absolute Gasteiger partial charge is 0.375 e. The summed E-state index contributed by atoms with van der Waals surface area (Å²) >= 11 is 5.08. The van der Waals surface area contributed by atoms with Crippen LogP contribution in [0.15, 0.2) is 34.8 Å². The van der Waals surface area contributed by atoms with Gasteiger partial charge in [0.25, 0.3) is 0 Å². The molecule has 15 heavy (non-hydrogen) atoms. The Kier molecular flexibility index (Phi) is 1.94. The molecule has 0 atom stereocenters. The number of anilines is 1. The van der Waals surface area contributed by atoms with Gasteiger partial charge in [-0.25, -0.2) is 4.98 Å². The molecule has 74 valence electrons. The van der Waals surface area contributed by atoms with E-state index in [1.807, 2.05) is 12.1 Å². The lowest BCUT2D eigenvalue weighted by Crippen LogP contribution is -1.80. The summed E-state index contributed by atoms with van der Waals surface area (Å²) in [4.78, 5) is 4.36. The first kappa shape index (κ1) is 9.12. The summed E-state index contributed by atoms with van der Waals surface area (Å²) in [5, 5.41) is 2.94. The minimum atomic E-state index is 0.619. The van der Waals surface area contributed by atoms with Crippen molar-refractivity contribution in [3.05, 3.63) is 34.8 Å². The van der Waals surface area contributed by atoms with E-state index in [1.165, 1.54) is 16.7 Å². The Morgan fingerprint density at radius 2 is 1.93 bits per heavy atom. The van der Waals surface area contributed by atoms with Crippen molar-refractivity contribution < 1.29 is 0 Å². The number of halogens is 1. The number of thiazole rings is 1. The van der Waals surface area contributed by atoms with Gasteiger partial charge in [0.15, 0.2) is 5.13 Å².